The lowest BCUT2D eigenvalue weighted by atomic mass is 9.90. The summed E-state index contributed by atoms with van der Waals surface area (Å²) >= 11 is 0. The van der Waals surface area contributed by atoms with Crippen LogP contribution in [0.15, 0.2) is 11.3 Å². The normalized spacial score (nSPS) is 23.4. The summed E-state index contributed by atoms with van der Waals surface area (Å²) in [5.41, 5.74) is 3.64. The van der Waals surface area contributed by atoms with Gasteiger partial charge in [-0.15, -0.1) is 0 Å². The molecule has 0 bridgehead atoms. The van der Waals surface area contributed by atoms with Gasteiger partial charge >= 0.3 is 0 Å². The van der Waals surface area contributed by atoms with E-state index in [0.29, 0.717) is 11.6 Å². The van der Waals surface area contributed by atoms with Crippen LogP contribution in [0, 0.1) is 0 Å². The van der Waals surface area contributed by atoms with Crippen molar-refractivity contribution in [3.05, 3.63) is 11.3 Å². The Labute approximate surface area is 99.7 Å². The van der Waals surface area contributed by atoms with Gasteiger partial charge in [0.05, 0.1) is 18.8 Å². The molecule has 2 heterocycles. The lowest BCUT2D eigenvalue weighted by Gasteiger charge is -2.50. The standard InChI is InChI=1S/C14H25NO/c1-5-7-13-12(6-2)8-14(9-16-10-14)15(13)11(3)4/h11H,5-10H2,1-4H3. The van der Waals surface area contributed by atoms with Crippen molar-refractivity contribution in [2.45, 2.75) is 65.0 Å². The fraction of sp³-hybridized carbons (Fsp3) is 0.857. The molecule has 0 atom stereocenters. The molecule has 0 aromatic carbocycles. The van der Waals surface area contributed by atoms with Crippen LogP contribution in [-0.4, -0.2) is 29.7 Å². The van der Waals surface area contributed by atoms with E-state index in [1.807, 2.05) is 0 Å². The van der Waals surface area contributed by atoms with Gasteiger partial charge in [-0.25, -0.2) is 0 Å². The highest BCUT2D eigenvalue weighted by molar-refractivity contribution is 5.29. The van der Waals surface area contributed by atoms with Crippen molar-refractivity contribution in [2.24, 2.45) is 0 Å². The lowest BCUT2D eigenvalue weighted by molar-refractivity contribution is -0.128. The van der Waals surface area contributed by atoms with Crippen LogP contribution in [0.5, 0.6) is 0 Å². The second-order valence-electron chi connectivity index (χ2n) is 5.51. The quantitative estimate of drug-likeness (QED) is 0.725. The minimum absolute atomic E-state index is 0.337. The Kier molecular flexibility index (Phi) is 3.29. The first kappa shape index (κ1) is 12.0. The maximum Gasteiger partial charge on any atom is 0.0904 e. The van der Waals surface area contributed by atoms with Gasteiger partial charge in [-0.2, -0.15) is 0 Å². The second-order valence-corrected chi connectivity index (χ2v) is 5.51. The van der Waals surface area contributed by atoms with Gasteiger partial charge in [0.1, 0.15) is 0 Å². The zero-order valence-corrected chi connectivity index (χ0v) is 11.2. The number of rotatable bonds is 4. The maximum absolute atomic E-state index is 5.49. The first-order chi connectivity index (χ1) is 7.64. The summed E-state index contributed by atoms with van der Waals surface area (Å²) in [5, 5.41) is 0. The number of hydrogen-bond donors (Lipinski definition) is 0. The average Bonchev–Trinajstić information content (AvgIpc) is 2.52. The summed E-state index contributed by atoms with van der Waals surface area (Å²) in [5.74, 6) is 0. The molecule has 0 N–H and O–H groups in total. The van der Waals surface area contributed by atoms with Crippen molar-refractivity contribution >= 4 is 0 Å². The number of nitrogens with zero attached hydrogens (tertiary/aromatic N) is 1. The molecule has 2 heteroatoms. The van der Waals surface area contributed by atoms with Crippen LogP contribution in [0.3, 0.4) is 0 Å². The Morgan fingerprint density at radius 2 is 2.00 bits per heavy atom. The largest absolute Gasteiger partial charge is 0.376 e. The van der Waals surface area contributed by atoms with Crippen LogP contribution >= 0.6 is 0 Å². The van der Waals surface area contributed by atoms with Crippen LogP contribution in [0.1, 0.15) is 53.4 Å². The van der Waals surface area contributed by atoms with E-state index in [1.165, 1.54) is 25.7 Å². The smallest absolute Gasteiger partial charge is 0.0904 e. The molecule has 0 aliphatic carbocycles. The second kappa shape index (κ2) is 4.40. The van der Waals surface area contributed by atoms with E-state index in [4.69, 9.17) is 4.74 Å². The molecule has 0 aromatic rings. The van der Waals surface area contributed by atoms with Crippen molar-refractivity contribution in [3.63, 3.8) is 0 Å². The lowest BCUT2D eigenvalue weighted by Crippen LogP contribution is -2.61. The van der Waals surface area contributed by atoms with Crippen LogP contribution in [0.2, 0.25) is 0 Å². The van der Waals surface area contributed by atoms with E-state index in [0.717, 1.165) is 13.2 Å². The molecule has 2 nitrogen and oxygen atoms in total. The highest BCUT2D eigenvalue weighted by Gasteiger charge is 2.50. The Morgan fingerprint density at radius 1 is 1.31 bits per heavy atom. The monoisotopic (exact) mass is 223 g/mol. The van der Waals surface area contributed by atoms with Crippen LogP contribution in [0.25, 0.3) is 0 Å². The third-order valence-corrected chi connectivity index (χ3v) is 3.92. The fourth-order valence-corrected chi connectivity index (χ4v) is 3.34. The predicted octanol–water partition coefficient (Wildman–Crippen LogP) is 3.33. The third kappa shape index (κ3) is 1.67. The Bertz CT molecular complexity index is 289. The van der Waals surface area contributed by atoms with Crippen molar-refractivity contribution in [1.82, 2.24) is 4.90 Å². The van der Waals surface area contributed by atoms with Gasteiger partial charge in [-0.1, -0.05) is 20.3 Å². The summed E-state index contributed by atoms with van der Waals surface area (Å²) < 4.78 is 5.49. The minimum atomic E-state index is 0.337. The molecule has 0 amide bonds. The van der Waals surface area contributed by atoms with E-state index in [-0.39, 0.29) is 0 Å². The topological polar surface area (TPSA) is 12.5 Å². The molecule has 0 aromatic heterocycles. The van der Waals surface area contributed by atoms with Crippen LogP contribution < -0.4 is 0 Å². The molecule has 16 heavy (non-hydrogen) atoms. The van der Waals surface area contributed by atoms with Gasteiger partial charge in [0, 0.05) is 11.7 Å². The zero-order valence-electron chi connectivity index (χ0n) is 11.2. The molecule has 1 fully saturated rings. The van der Waals surface area contributed by atoms with Gasteiger partial charge in [0.15, 0.2) is 0 Å². The molecule has 0 unspecified atom stereocenters. The number of ether oxygens (including phenoxy) is 1. The Balaban J connectivity index is 2.27. The molecule has 2 aliphatic rings. The van der Waals surface area contributed by atoms with E-state index in [1.54, 1.807) is 11.3 Å². The highest BCUT2D eigenvalue weighted by Crippen LogP contribution is 2.45. The summed E-state index contributed by atoms with van der Waals surface area (Å²) in [7, 11) is 0. The van der Waals surface area contributed by atoms with Gasteiger partial charge in [0.25, 0.3) is 0 Å². The zero-order chi connectivity index (χ0) is 11.8. The van der Waals surface area contributed by atoms with Crippen LogP contribution in [-0.2, 0) is 4.74 Å². The van der Waals surface area contributed by atoms with E-state index >= 15 is 0 Å². The molecule has 0 saturated carbocycles. The molecule has 1 saturated heterocycles. The van der Waals surface area contributed by atoms with E-state index < -0.39 is 0 Å². The Hall–Kier alpha value is -0.500. The number of allylic oxidation sites excluding steroid dienone is 1. The summed E-state index contributed by atoms with van der Waals surface area (Å²) in [4.78, 5) is 2.67. The van der Waals surface area contributed by atoms with Crippen molar-refractivity contribution in [3.8, 4) is 0 Å². The maximum atomic E-state index is 5.49. The van der Waals surface area contributed by atoms with Crippen molar-refractivity contribution in [2.75, 3.05) is 13.2 Å². The molecular formula is C14H25NO. The molecule has 2 aliphatic heterocycles. The minimum Gasteiger partial charge on any atom is -0.376 e. The molecule has 1 spiro atoms. The van der Waals surface area contributed by atoms with Gasteiger partial charge in [-0.3, -0.25) is 0 Å². The van der Waals surface area contributed by atoms with Crippen molar-refractivity contribution < 1.29 is 4.74 Å². The average molecular weight is 223 g/mol. The molecule has 0 radical (unpaired) electrons. The van der Waals surface area contributed by atoms with E-state index in [2.05, 4.69) is 32.6 Å². The van der Waals surface area contributed by atoms with Gasteiger partial charge < -0.3 is 9.64 Å². The molecular weight excluding hydrogens is 198 g/mol. The van der Waals surface area contributed by atoms with Crippen LogP contribution in [0.4, 0.5) is 0 Å². The summed E-state index contributed by atoms with van der Waals surface area (Å²) in [6, 6.07) is 0.606. The molecule has 2 rings (SSSR count). The van der Waals surface area contributed by atoms with Crippen molar-refractivity contribution in [1.29, 1.82) is 0 Å². The summed E-state index contributed by atoms with van der Waals surface area (Å²) in [6.07, 6.45) is 4.94. The van der Waals surface area contributed by atoms with Gasteiger partial charge in [-0.05, 0) is 38.7 Å². The number of hydrogen-bond acceptors (Lipinski definition) is 2. The fourth-order valence-electron chi connectivity index (χ4n) is 3.34. The van der Waals surface area contributed by atoms with E-state index in [9.17, 15) is 0 Å². The molecule has 92 valence electrons. The summed E-state index contributed by atoms with van der Waals surface area (Å²) in [6.45, 7) is 11.1. The predicted molar refractivity (Wildman–Crippen MR) is 67.4 cm³/mol. The highest BCUT2D eigenvalue weighted by atomic mass is 16.5. The SMILES string of the molecule is CCCC1=C(CC)CC2(COC2)N1C(C)C. The van der Waals surface area contributed by atoms with Gasteiger partial charge in [0.2, 0.25) is 0 Å². The first-order valence-electron chi connectivity index (χ1n) is 6.72. The Morgan fingerprint density at radius 3 is 2.38 bits per heavy atom. The third-order valence-electron chi connectivity index (χ3n) is 3.92. The first-order valence-corrected chi connectivity index (χ1v) is 6.72.